The number of fused-ring (bicyclic) bond motifs is 3. The third kappa shape index (κ3) is 4.32. The highest BCUT2D eigenvalue weighted by Gasteiger charge is 2.45. The Morgan fingerprint density at radius 3 is 2.56 bits per heavy atom. The molecule has 3 unspecified atom stereocenters. The van der Waals surface area contributed by atoms with Crippen molar-refractivity contribution in [3.05, 3.63) is 65.9 Å². The van der Waals surface area contributed by atoms with Gasteiger partial charge in [-0.3, -0.25) is 9.78 Å². The van der Waals surface area contributed by atoms with Crippen molar-refractivity contribution >= 4 is 5.91 Å². The predicted molar refractivity (Wildman–Crippen MR) is 116 cm³/mol. The number of carbonyl (C=O) groups excluding carboxylic acids is 1. The van der Waals surface area contributed by atoms with Gasteiger partial charge < -0.3 is 9.64 Å². The van der Waals surface area contributed by atoms with E-state index in [2.05, 4.69) is 19.9 Å². The van der Waals surface area contributed by atoms with Crippen LogP contribution in [0.15, 0.2) is 49.1 Å². The highest BCUT2D eigenvalue weighted by atomic mass is 19.4. The SMILES string of the molecule is Cc1cc(-c2ncccn2)c(C(=O)N2CC3CCC2C(Oc2ccc(C(F)(F)F)cn2)C3)cn1. The van der Waals surface area contributed by atoms with Gasteiger partial charge in [-0.05, 0) is 50.3 Å². The molecule has 10 heteroatoms. The highest BCUT2D eigenvalue weighted by molar-refractivity contribution is 6.00. The molecule has 176 valence electrons. The molecule has 3 aromatic heterocycles. The molecule has 2 bridgehead atoms. The van der Waals surface area contributed by atoms with Gasteiger partial charge in [-0.25, -0.2) is 15.0 Å². The molecule has 6 rings (SSSR count). The Morgan fingerprint density at radius 2 is 1.88 bits per heavy atom. The molecule has 2 aliphatic heterocycles. The lowest BCUT2D eigenvalue weighted by Gasteiger charge is -2.49. The van der Waals surface area contributed by atoms with E-state index in [-0.39, 0.29) is 29.9 Å². The van der Waals surface area contributed by atoms with E-state index in [4.69, 9.17) is 4.74 Å². The van der Waals surface area contributed by atoms with Gasteiger partial charge in [0.1, 0.15) is 6.10 Å². The van der Waals surface area contributed by atoms with E-state index in [1.165, 1.54) is 6.07 Å². The lowest BCUT2D eigenvalue weighted by atomic mass is 9.77. The monoisotopic (exact) mass is 469 g/mol. The Morgan fingerprint density at radius 1 is 1.09 bits per heavy atom. The second-order valence-corrected chi connectivity index (χ2v) is 8.69. The summed E-state index contributed by atoms with van der Waals surface area (Å²) in [6.07, 6.45) is 3.19. The van der Waals surface area contributed by atoms with E-state index < -0.39 is 11.7 Å². The molecular formula is C24H22F3N5O2. The summed E-state index contributed by atoms with van der Waals surface area (Å²) in [4.78, 5) is 32.2. The maximum atomic E-state index is 13.7. The van der Waals surface area contributed by atoms with Gasteiger partial charge in [0.2, 0.25) is 5.88 Å². The van der Waals surface area contributed by atoms with Gasteiger partial charge in [-0.2, -0.15) is 13.2 Å². The molecule has 0 spiro atoms. The number of halogens is 3. The minimum absolute atomic E-state index is 0.119. The molecule has 3 fully saturated rings. The van der Waals surface area contributed by atoms with Crippen LogP contribution in [-0.2, 0) is 6.18 Å². The molecule has 0 radical (unpaired) electrons. The molecule has 1 aliphatic carbocycles. The Balaban J connectivity index is 1.40. The van der Waals surface area contributed by atoms with Crippen LogP contribution in [-0.4, -0.2) is 49.4 Å². The number of piperidine rings is 2. The number of ether oxygens (including phenoxy) is 1. The van der Waals surface area contributed by atoms with E-state index >= 15 is 0 Å². The summed E-state index contributed by atoms with van der Waals surface area (Å²) < 4.78 is 44.5. The van der Waals surface area contributed by atoms with Crippen LogP contribution in [0.3, 0.4) is 0 Å². The highest BCUT2D eigenvalue weighted by Crippen LogP contribution is 2.39. The van der Waals surface area contributed by atoms with Crippen LogP contribution in [0, 0.1) is 12.8 Å². The second-order valence-electron chi connectivity index (χ2n) is 8.69. The van der Waals surface area contributed by atoms with Gasteiger partial charge in [-0.1, -0.05) is 0 Å². The zero-order valence-corrected chi connectivity index (χ0v) is 18.4. The van der Waals surface area contributed by atoms with Crippen LogP contribution >= 0.6 is 0 Å². The molecule has 1 saturated carbocycles. The molecule has 3 aliphatic rings. The van der Waals surface area contributed by atoms with Crippen molar-refractivity contribution in [1.82, 2.24) is 24.8 Å². The number of pyridine rings is 2. The van der Waals surface area contributed by atoms with Gasteiger partial charge in [-0.15, -0.1) is 0 Å². The predicted octanol–water partition coefficient (Wildman–Crippen LogP) is 4.33. The lowest BCUT2D eigenvalue weighted by molar-refractivity contribution is -0.137. The Kier molecular flexibility index (Phi) is 5.66. The van der Waals surface area contributed by atoms with Crippen molar-refractivity contribution in [2.24, 2.45) is 5.92 Å². The van der Waals surface area contributed by atoms with Crippen LogP contribution in [0.1, 0.15) is 40.9 Å². The molecule has 1 amide bonds. The zero-order valence-electron chi connectivity index (χ0n) is 18.4. The van der Waals surface area contributed by atoms with E-state index in [1.807, 2.05) is 6.92 Å². The first-order valence-electron chi connectivity index (χ1n) is 11.0. The van der Waals surface area contributed by atoms with E-state index in [0.717, 1.165) is 37.2 Å². The first kappa shape index (κ1) is 22.2. The minimum atomic E-state index is -4.46. The largest absolute Gasteiger partial charge is 0.472 e. The summed E-state index contributed by atoms with van der Waals surface area (Å²) in [5.74, 6) is 0.621. The molecule has 34 heavy (non-hydrogen) atoms. The van der Waals surface area contributed by atoms with Gasteiger partial charge in [0.05, 0.1) is 17.2 Å². The Hall–Kier alpha value is -3.56. The second kappa shape index (κ2) is 8.66. The summed E-state index contributed by atoms with van der Waals surface area (Å²) >= 11 is 0. The van der Waals surface area contributed by atoms with E-state index in [0.29, 0.717) is 23.5 Å². The van der Waals surface area contributed by atoms with Crippen LogP contribution < -0.4 is 4.74 Å². The zero-order chi connectivity index (χ0) is 23.9. The van der Waals surface area contributed by atoms with Crippen molar-refractivity contribution in [1.29, 1.82) is 0 Å². The molecule has 5 heterocycles. The van der Waals surface area contributed by atoms with Crippen molar-refractivity contribution in [3.8, 4) is 17.3 Å². The third-order valence-corrected chi connectivity index (χ3v) is 6.40. The van der Waals surface area contributed by atoms with Gasteiger partial charge in [0.15, 0.2) is 5.82 Å². The van der Waals surface area contributed by atoms with Crippen LogP contribution in [0.25, 0.3) is 11.4 Å². The number of rotatable bonds is 4. The van der Waals surface area contributed by atoms with E-state index in [9.17, 15) is 18.0 Å². The smallest absolute Gasteiger partial charge is 0.417 e. The van der Waals surface area contributed by atoms with Gasteiger partial charge in [0, 0.05) is 48.7 Å². The van der Waals surface area contributed by atoms with Crippen LogP contribution in [0.5, 0.6) is 5.88 Å². The summed E-state index contributed by atoms with van der Waals surface area (Å²) in [7, 11) is 0. The third-order valence-electron chi connectivity index (χ3n) is 6.40. The van der Waals surface area contributed by atoms with Crippen molar-refractivity contribution in [3.63, 3.8) is 0 Å². The molecule has 0 aromatic carbocycles. The number of alkyl halides is 3. The average Bonchev–Trinajstić information content (AvgIpc) is 2.84. The summed E-state index contributed by atoms with van der Waals surface area (Å²) in [5.41, 5.74) is 0.940. The number of hydrogen-bond acceptors (Lipinski definition) is 6. The fourth-order valence-electron chi connectivity index (χ4n) is 4.77. The summed E-state index contributed by atoms with van der Waals surface area (Å²) in [6.45, 7) is 2.43. The standard InChI is InChI=1S/C24H22F3N5O2/c1-14-9-17(22-28-7-2-8-29-22)18(12-30-14)23(33)32-13-15-3-5-19(32)20(10-15)34-21-6-4-16(11-31-21)24(25,26)27/h2,4,6-9,11-12,15,19-20H,3,5,10,13H2,1H3. The first-order chi connectivity index (χ1) is 16.3. The molecular weight excluding hydrogens is 447 g/mol. The molecule has 3 aromatic rings. The topological polar surface area (TPSA) is 81.1 Å². The van der Waals surface area contributed by atoms with Crippen molar-refractivity contribution in [2.45, 2.75) is 44.5 Å². The number of carbonyl (C=O) groups is 1. The number of nitrogens with zero attached hydrogens (tertiary/aromatic N) is 5. The fourth-order valence-corrected chi connectivity index (χ4v) is 4.77. The van der Waals surface area contributed by atoms with Crippen molar-refractivity contribution in [2.75, 3.05) is 6.54 Å². The number of aryl methyl sites for hydroxylation is 1. The van der Waals surface area contributed by atoms with E-state index in [1.54, 1.807) is 35.6 Å². The maximum absolute atomic E-state index is 13.7. The summed E-state index contributed by atoms with van der Waals surface area (Å²) in [5, 5.41) is 0. The van der Waals surface area contributed by atoms with Crippen LogP contribution in [0.2, 0.25) is 0 Å². The van der Waals surface area contributed by atoms with Gasteiger partial charge >= 0.3 is 6.18 Å². The van der Waals surface area contributed by atoms with Crippen LogP contribution in [0.4, 0.5) is 13.2 Å². The first-order valence-corrected chi connectivity index (χ1v) is 11.0. The van der Waals surface area contributed by atoms with Crippen molar-refractivity contribution < 1.29 is 22.7 Å². The Bertz CT molecular complexity index is 1190. The Labute approximate surface area is 194 Å². The van der Waals surface area contributed by atoms with Gasteiger partial charge in [0.25, 0.3) is 5.91 Å². The number of hydrogen-bond donors (Lipinski definition) is 0. The average molecular weight is 469 g/mol. The molecule has 3 atom stereocenters. The number of aromatic nitrogens is 4. The lowest BCUT2D eigenvalue weighted by Crippen LogP contribution is -2.59. The summed E-state index contributed by atoms with van der Waals surface area (Å²) in [6, 6.07) is 5.47. The fraction of sp³-hybridized carbons (Fsp3) is 0.375. The normalized spacial score (nSPS) is 22.0. The molecule has 0 N–H and O–H groups in total. The molecule has 2 saturated heterocycles. The molecule has 7 nitrogen and oxygen atoms in total. The number of amides is 1. The quantitative estimate of drug-likeness (QED) is 0.566. The minimum Gasteiger partial charge on any atom is -0.472 e. The maximum Gasteiger partial charge on any atom is 0.417 e.